The minimum atomic E-state index is -0.996. The summed E-state index contributed by atoms with van der Waals surface area (Å²) in [7, 11) is 1.33. The summed E-state index contributed by atoms with van der Waals surface area (Å²) in [5.74, 6) is -0.439. The van der Waals surface area contributed by atoms with E-state index < -0.39 is 17.6 Å². The van der Waals surface area contributed by atoms with E-state index in [0.29, 0.717) is 6.42 Å². The maximum absolute atomic E-state index is 12.4. The highest BCUT2D eigenvalue weighted by Gasteiger charge is 2.68. The molecule has 1 amide bonds. The van der Waals surface area contributed by atoms with Crippen molar-refractivity contribution in [1.29, 1.82) is 0 Å². The van der Waals surface area contributed by atoms with Gasteiger partial charge in [0, 0.05) is 11.3 Å². The number of rotatable bonds is 4. The van der Waals surface area contributed by atoms with Crippen molar-refractivity contribution in [2.45, 2.75) is 31.7 Å². The van der Waals surface area contributed by atoms with Crippen LogP contribution in [0.5, 0.6) is 0 Å². The number of carbonyl (C=O) groups excluding carboxylic acids is 2. The van der Waals surface area contributed by atoms with E-state index in [4.69, 9.17) is 9.47 Å². The average Bonchev–Trinajstić information content (AvgIpc) is 3.08. The molecule has 0 unspecified atom stereocenters. The van der Waals surface area contributed by atoms with Crippen LogP contribution in [-0.2, 0) is 14.3 Å². The average molecular weight is 365 g/mol. The lowest BCUT2D eigenvalue weighted by molar-refractivity contribution is -0.145. The van der Waals surface area contributed by atoms with E-state index in [2.05, 4.69) is 29.6 Å². The molecule has 2 aromatic rings. The first kappa shape index (κ1) is 17.6. The zero-order valence-electron chi connectivity index (χ0n) is 15.7. The minimum absolute atomic E-state index is 0.00978. The maximum atomic E-state index is 12.4. The molecule has 4 rings (SSSR count). The molecule has 0 aromatic heterocycles. The highest BCUT2D eigenvalue weighted by atomic mass is 16.6. The first-order chi connectivity index (χ1) is 12.9. The van der Waals surface area contributed by atoms with E-state index in [1.165, 1.54) is 18.2 Å². The van der Waals surface area contributed by atoms with Gasteiger partial charge in [-0.3, -0.25) is 0 Å². The minimum Gasteiger partial charge on any atom is -0.467 e. The zero-order valence-corrected chi connectivity index (χ0v) is 15.7. The number of fused-ring (bicyclic) bond motifs is 3. The molecule has 140 valence electrons. The molecular formula is C22H23NO4. The third-order valence-corrected chi connectivity index (χ3v) is 5.93. The number of alkyl carbamates (subject to hydrolysis) is 1. The fourth-order valence-electron chi connectivity index (χ4n) is 4.21. The number of nitrogens with one attached hydrogen (secondary N) is 1. The molecule has 0 spiro atoms. The van der Waals surface area contributed by atoms with E-state index in [-0.39, 0.29) is 17.9 Å². The van der Waals surface area contributed by atoms with E-state index in [9.17, 15) is 9.59 Å². The van der Waals surface area contributed by atoms with Crippen molar-refractivity contribution in [2.75, 3.05) is 13.7 Å². The fourth-order valence-corrected chi connectivity index (χ4v) is 4.21. The number of methoxy groups -OCH3 is 1. The van der Waals surface area contributed by atoms with Gasteiger partial charge >= 0.3 is 12.1 Å². The Bertz CT molecular complexity index is 875. The second-order valence-corrected chi connectivity index (χ2v) is 7.91. The lowest BCUT2D eigenvalue weighted by Gasteiger charge is -2.20. The van der Waals surface area contributed by atoms with Gasteiger partial charge in [-0.25, -0.2) is 9.59 Å². The second kappa shape index (κ2) is 6.12. The smallest absolute Gasteiger partial charge is 0.408 e. The first-order valence-corrected chi connectivity index (χ1v) is 9.11. The van der Waals surface area contributed by atoms with Gasteiger partial charge in [0.2, 0.25) is 0 Å². The van der Waals surface area contributed by atoms with Crippen molar-refractivity contribution in [3.8, 4) is 11.1 Å². The number of hydrogen-bond donors (Lipinski definition) is 1. The van der Waals surface area contributed by atoms with Gasteiger partial charge in [0.1, 0.15) is 12.1 Å². The topological polar surface area (TPSA) is 64.6 Å². The van der Waals surface area contributed by atoms with Gasteiger partial charge in [0.15, 0.2) is 0 Å². The van der Waals surface area contributed by atoms with Gasteiger partial charge in [0.05, 0.1) is 7.11 Å². The van der Waals surface area contributed by atoms with Gasteiger partial charge in [-0.2, -0.15) is 0 Å². The summed E-state index contributed by atoms with van der Waals surface area (Å²) in [5, 5.41) is 2.74. The second-order valence-electron chi connectivity index (χ2n) is 7.91. The maximum Gasteiger partial charge on any atom is 0.408 e. The first-order valence-electron chi connectivity index (χ1n) is 9.11. The Morgan fingerprint density at radius 3 is 2.04 bits per heavy atom. The zero-order chi connectivity index (χ0) is 19.2. The van der Waals surface area contributed by atoms with Crippen LogP contribution in [0.15, 0.2) is 48.5 Å². The number of carbonyl (C=O) groups is 2. The van der Waals surface area contributed by atoms with Crippen LogP contribution in [0.3, 0.4) is 0 Å². The molecule has 2 aromatic carbocycles. The van der Waals surface area contributed by atoms with E-state index >= 15 is 0 Å². The highest BCUT2D eigenvalue weighted by molar-refractivity contribution is 5.90. The van der Waals surface area contributed by atoms with Crippen LogP contribution < -0.4 is 5.32 Å². The van der Waals surface area contributed by atoms with Crippen molar-refractivity contribution >= 4 is 12.1 Å². The Kier molecular flexibility index (Phi) is 3.98. The van der Waals surface area contributed by atoms with Crippen molar-refractivity contribution in [1.82, 2.24) is 5.32 Å². The quantitative estimate of drug-likeness (QED) is 0.836. The van der Waals surface area contributed by atoms with Crippen LogP contribution in [0.4, 0.5) is 4.79 Å². The lowest BCUT2D eigenvalue weighted by Crippen LogP contribution is -2.47. The molecule has 2 aliphatic rings. The van der Waals surface area contributed by atoms with E-state index in [0.717, 1.165) is 11.1 Å². The van der Waals surface area contributed by atoms with Crippen LogP contribution in [0.2, 0.25) is 0 Å². The summed E-state index contributed by atoms with van der Waals surface area (Å²) in [6.07, 6.45) is -0.0514. The third kappa shape index (κ3) is 2.69. The van der Waals surface area contributed by atoms with Crippen LogP contribution in [0.1, 0.15) is 37.3 Å². The summed E-state index contributed by atoms with van der Waals surface area (Å²) in [6, 6.07) is 16.3. The molecule has 0 bridgehead atoms. The molecule has 1 atom stereocenters. The summed E-state index contributed by atoms with van der Waals surface area (Å²) in [6.45, 7) is 4.07. The molecular weight excluding hydrogens is 342 g/mol. The summed E-state index contributed by atoms with van der Waals surface area (Å²) in [4.78, 5) is 24.6. The predicted molar refractivity (Wildman–Crippen MR) is 101 cm³/mol. The SMILES string of the molecule is COC(=O)[C@]1(NC(=O)OCC2c3ccccc3-c3ccccc32)CC1(C)C. The summed E-state index contributed by atoms with van der Waals surface area (Å²) >= 11 is 0. The largest absolute Gasteiger partial charge is 0.467 e. The molecule has 0 saturated heterocycles. The summed E-state index contributed by atoms with van der Waals surface area (Å²) in [5.41, 5.74) is 3.32. The van der Waals surface area contributed by atoms with Crippen LogP contribution in [0, 0.1) is 5.41 Å². The molecule has 27 heavy (non-hydrogen) atoms. The van der Waals surface area contributed by atoms with Crippen molar-refractivity contribution in [3.63, 3.8) is 0 Å². The van der Waals surface area contributed by atoms with Crippen molar-refractivity contribution in [2.24, 2.45) is 5.41 Å². The molecule has 1 saturated carbocycles. The molecule has 2 aliphatic carbocycles. The van der Waals surface area contributed by atoms with Crippen LogP contribution >= 0.6 is 0 Å². The standard InChI is InChI=1S/C22H23NO4/c1-21(2)13-22(21,19(24)26-3)23-20(25)27-12-18-16-10-6-4-8-14(16)15-9-5-7-11-17(15)18/h4-11,18H,12-13H2,1-3H3,(H,23,25)/t22-/m1/s1. The molecule has 5 heteroatoms. The van der Waals surface area contributed by atoms with Gasteiger partial charge < -0.3 is 14.8 Å². The monoisotopic (exact) mass is 365 g/mol. The molecule has 1 N–H and O–H groups in total. The number of hydrogen-bond acceptors (Lipinski definition) is 4. The molecule has 0 aliphatic heterocycles. The van der Waals surface area contributed by atoms with E-state index in [1.807, 2.05) is 38.1 Å². The Morgan fingerprint density at radius 2 is 1.56 bits per heavy atom. The third-order valence-electron chi connectivity index (χ3n) is 5.93. The number of benzene rings is 2. The van der Waals surface area contributed by atoms with Crippen LogP contribution in [0.25, 0.3) is 11.1 Å². The molecule has 5 nitrogen and oxygen atoms in total. The molecule has 1 fully saturated rings. The Morgan fingerprint density at radius 1 is 1.04 bits per heavy atom. The molecule has 0 heterocycles. The van der Waals surface area contributed by atoms with Gasteiger partial charge in [-0.05, 0) is 28.7 Å². The number of ether oxygens (including phenoxy) is 2. The van der Waals surface area contributed by atoms with Crippen LogP contribution in [-0.4, -0.2) is 31.3 Å². The van der Waals surface area contributed by atoms with Crippen molar-refractivity contribution < 1.29 is 19.1 Å². The van der Waals surface area contributed by atoms with Gasteiger partial charge in [0.25, 0.3) is 0 Å². The highest BCUT2D eigenvalue weighted by Crippen LogP contribution is 2.56. The fraction of sp³-hybridized carbons (Fsp3) is 0.364. The molecule has 0 radical (unpaired) electrons. The van der Waals surface area contributed by atoms with Crippen molar-refractivity contribution in [3.05, 3.63) is 59.7 Å². The number of amides is 1. The lowest BCUT2D eigenvalue weighted by atomic mass is 9.98. The van der Waals surface area contributed by atoms with Gasteiger partial charge in [-0.15, -0.1) is 0 Å². The van der Waals surface area contributed by atoms with E-state index in [1.54, 1.807) is 0 Å². The predicted octanol–water partition coefficient (Wildman–Crippen LogP) is 3.87. The Balaban J connectivity index is 1.50. The normalized spacial score (nSPS) is 21.7. The van der Waals surface area contributed by atoms with Gasteiger partial charge in [-0.1, -0.05) is 62.4 Å². The number of esters is 1. The Hall–Kier alpha value is -2.82. The summed E-state index contributed by atoms with van der Waals surface area (Å²) < 4.78 is 10.4. The Labute approximate surface area is 158 Å².